The Kier molecular flexibility index (Phi) is 3.42. The van der Waals surface area contributed by atoms with E-state index in [4.69, 9.17) is 0 Å². The molecule has 3 nitrogen and oxygen atoms in total. The third kappa shape index (κ3) is 1.81. The summed E-state index contributed by atoms with van der Waals surface area (Å²) in [6, 6.07) is 1.77. The maximum Gasteiger partial charge on any atom is 0.0587 e. The van der Waals surface area contributed by atoms with Crippen molar-refractivity contribution >= 4 is 0 Å². The zero-order valence-corrected chi connectivity index (χ0v) is 9.08. The van der Waals surface area contributed by atoms with Crippen LogP contribution in [0.1, 0.15) is 32.1 Å². The van der Waals surface area contributed by atoms with Crippen LogP contribution in [0.15, 0.2) is 0 Å². The van der Waals surface area contributed by atoms with E-state index in [1.54, 1.807) is 0 Å². The second-order valence-corrected chi connectivity index (χ2v) is 4.61. The van der Waals surface area contributed by atoms with Crippen LogP contribution in [0.4, 0.5) is 0 Å². The van der Waals surface area contributed by atoms with Crippen molar-refractivity contribution in [2.45, 2.75) is 50.2 Å². The molecule has 0 spiro atoms. The van der Waals surface area contributed by atoms with Gasteiger partial charge >= 0.3 is 0 Å². The molecule has 3 atom stereocenters. The zero-order valence-electron chi connectivity index (χ0n) is 9.08. The Hall–Kier alpha value is -0.120. The molecule has 2 rings (SSSR count). The summed E-state index contributed by atoms with van der Waals surface area (Å²) in [6.07, 6.45) is 6.39. The minimum atomic E-state index is 0.340. The maximum atomic E-state index is 9.29. The van der Waals surface area contributed by atoms with Gasteiger partial charge in [-0.15, -0.1) is 0 Å². The van der Waals surface area contributed by atoms with Gasteiger partial charge in [-0.05, 0) is 39.3 Å². The van der Waals surface area contributed by atoms with Gasteiger partial charge in [0.2, 0.25) is 0 Å². The number of nitrogens with one attached hydrogen (secondary N) is 1. The van der Waals surface area contributed by atoms with E-state index in [0.29, 0.717) is 24.7 Å². The fraction of sp³-hybridized carbons (Fsp3) is 1.00. The molecule has 0 aromatic heterocycles. The number of likely N-dealkylation sites (N-methyl/N-ethyl adjacent to an activating group) is 1. The average molecular weight is 198 g/mol. The van der Waals surface area contributed by atoms with Crippen LogP contribution in [0.5, 0.6) is 0 Å². The number of rotatable bonds is 3. The SMILES string of the molecule is CNC1CCCC1N1CCCC1CO. The Labute approximate surface area is 86.5 Å². The highest BCUT2D eigenvalue weighted by molar-refractivity contribution is 4.94. The molecule has 0 aromatic rings. The number of aliphatic hydroxyl groups is 1. The van der Waals surface area contributed by atoms with Gasteiger partial charge in [-0.1, -0.05) is 6.42 Å². The summed E-state index contributed by atoms with van der Waals surface area (Å²) in [5, 5.41) is 12.7. The van der Waals surface area contributed by atoms with E-state index in [9.17, 15) is 5.11 Å². The van der Waals surface area contributed by atoms with Gasteiger partial charge in [0, 0.05) is 18.1 Å². The summed E-state index contributed by atoms with van der Waals surface area (Å²) in [6.45, 7) is 1.53. The largest absolute Gasteiger partial charge is 0.395 e. The first-order chi connectivity index (χ1) is 6.86. The summed E-state index contributed by atoms with van der Waals surface area (Å²) in [7, 11) is 2.06. The van der Waals surface area contributed by atoms with Crippen molar-refractivity contribution in [3.8, 4) is 0 Å². The molecule has 2 fully saturated rings. The first kappa shape index (κ1) is 10.4. The second-order valence-electron chi connectivity index (χ2n) is 4.61. The minimum absolute atomic E-state index is 0.340. The van der Waals surface area contributed by atoms with Gasteiger partial charge in [0.15, 0.2) is 0 Å². The molecule has 0 amide bonds. The van der Waals surface area contributed by atoms with Gasteiger partial charge in [-0.25, -0.2) is 0 Å². The Morgan fingerprint density at radius 3 is 2.86 bits per heavy atom. The molecule has 1 saturated carbocycles. The smallest absolute Gasteiger partial charge is 0.0587 e. The lowest BCUT2D eigenvalue weighted by Gasteiger charge is -2.33. The van der Waals surface area contributed by atoms with Crippen LogP contribution in [0.2, 0.25) is 0 Å². The van der Waals surface area contributed by atoms with Crippen molar-refractivity contribution in [1.29, 1.82) is 0 Å². The molecule has 0 radical (unpaired) electrons. The van der Waals surface area contributed by atoms with Crippen LogP contribution in [0.3, 0.4) is 0 Å². The van der Waals surface area contributed by atoms with Gasteiger partial charge in [0.1, 0.15) is 0 Å². The standard InChI is InChI=1S/C11H22N2O/c1-12-10-5-2-6-11(10)13-7-3-4-9(13)8-14/h9-12,14H,2-8H2,1H3. The van der Waals surface area contributed by atoms with Crippen molar-refractivity contribution in [2.24, 2.45) is 0 Å². The van der Waals surface area contributed by atoms with E-state index < -0.39 is 0 Å². The highest BCUT2D eigenvalue weighted by atomic mass is 16.3. The van der Waals surface area contributed by atoms with Gasteiger partial charge in [-0.2, -0.15) is 0 Å². The number of nitrogens with zero attached hydrogens (tertiary/aromatic N) is 1. The number of hydrogen-bond acceptors (Lipinski definition) is 3. The molecule has 2 N–H and O–H groups in total. The van der Waals surface area contributed by atoms with Gasteiger partial charge < -0.3 is 10.4 Å². The number of hydrogen-bond donors (Lipinski definition) is 2. The molecule has 1 aliphatic heterocycles. The molecule has 0 bridgehead atoms. The first-order valence-electron chi connectivity index (χ1n) is 5.90. The van der Waals surface area contributed by atoms with Gasteiger partial charge in [-0.3, -0.25) is 4.90 Å². The molecule has 0 aromatic carbocycles. The van der Waals surface area contributed by atoms with Crippen molar-refractivity contribution in [1.82, 2.24) is 10.2 Å². The second kappa shape index (κ2) is 4.60. The fourth-order valence-corrected chi connectivity index (χ4v) is 3.16. The van der Waals surface area contributed by atoms with E-state index in [1.807, 2.05) is 0 Å². The highest BCUT2D eigenvalue weighted by Crippen LogP contribution is 2.30. The topological polar surface area (TPSA) is 35.5 Å². The normalized spacial score (nSPS) is 39.4. The Morgan fingerprint density at radius 2 is 2.14 bits per heavy atom. The monoisotopic (exact) mass is 198 g/mol. The third-order valence-corrected chi connectivity index (χ3v) is 3.91. The van der Waals surface area contributed by atoms with Crippen LogP contribution in [-0.4, -0.2) is 48.3 Å². The van der Waals surface area contributed by atoms with Crippen molar-refractivity contribution in [3.63, 3.8) is 0 Å². The van der Waals surface area contributed by atoms with Crippen LogP contribution in [0.25, 0.3) is 0 Å². The Bertz CT molecular complexity index is 166. The van der Waals surface area contributed by atoms with Crippen LogP contribution >= 0.6 is 0 Å². The lowest BCUT2D eigenvalue weighted by Crippen LogP contribution is -2.48. The maximum absolute atomic E-state index is 9.29. The summed E-state index contributed by atoms with van der Waals surface area (Å²) < 4.78 is 0. The fourth-order valence-electron chi connectivity index (χ4n) is 3.16. The van der Waals surface area contributed by atoms with Gasteiger partial charge in [0.05, 0.1) is 6.61 Å². The molecule has 1 saturated heterocycles. The van der Waals surface area contributed by atoms with Crippen LogP contribution < -0.4 is 5.32 Å². The number of aliphatic hydroxyl groups excluding tert-OH is 1. The van der Waals surface area contributed by atoms with Crippen molar-refractivity contribution in [2.75, 3.05) is 20.2 Å². The summed E-state index contributed by atoms with van der Waals surface area (Å²) in [5.41, 5.74) is 0. The predicted octanol–water partition coefficient (Wildman–Crippen LogP) is 0.584. The van der Waals surface area contributed by atoms with Crippen LogP contribution in [-0.2, 0) is 0 Å². The molecule has 82 valence electrons. The molecule has 1 aliphatic carbocycles. The van der Waals surface area contributed by atoms with E-state index >= 15 is 0 Å². The third-order valence-electron chi connectivity index (χ3n) is 3.91. The zero-order chi connectivity index (χ0) is 9.97. The minimum Gasteiger partial charge on any atom is -0.395 e. The summed E-state index contributed by atoms with van der Waals surface area (Å²) >= 11 is 0. The molecule has 2 aliphatic rings. The summed E-state index contributed by atoms with van der Waals surface area (Å²) in [5.74, 6) is 0. The molecular weight excluding hydrogens is 176 g/mol. The van der Waals surface area contributed by atoms with Crippen LogP contribution in [0, 0.1) is 0 Å². The van der Waals surface area contributed by atoms with E-state index in [2.05, 4.69) is 17.3 Å². The number of likely N-dealkylation sites (tertiary alicyclic amines) is 1. The molecule has 3 unspecified atom stereocenters. The quantitative estimate of drug-likeness (QED) is 0.696. The lowest BCUT2D eigenvalue weighted by atomic mass is 10.1. The molecular formula is C11H22N2O. The average Bonchev–Trinajstić information content (AvgIpc) is 2.85. The van der Waals surface area contributed by atoms with Gasteiger partial charge in [0.25, 0.3) is 0 Å². The van der Waals surface area contributed by atoms with E-state index in [1.165, 1.54) is 38.6 Å². The lowest BCUT2D eigenvalue weighted by molar-refractivity contribution is 0.109. The Balaban J connectivity index is 1.98. The van der Waals surface area contributed by atoms with E-state index in [0.717, 1.165) is 0 Å². The molecule has 14 heavy (non-hydrogen) atoms. The molecule has 3 heteroatoms. The van der Waals surface area contributed by atoms with E-state index in [-0.39, 0.29) is 0 Å². The summed E-state index contributed by atoms with van der Waals surface area (Å²) in [4.78, 5) is 2.54. The first-order valence-corrected chi connectivity index (χ1v) is 5.90. The predicted molar refractivity (Wildman–Crippen MR) is 57.3 cm³/mol. The highest BCUT2D eigenvalue weighted by Gasteiger charge is 2.36. The van der Waals surface area contributed by atoms with Crippen molar-refractivity contribution in [3.05, 3.63) is 0 Å². The molecule has 1 heterocycles. The Morgan fingerprint density at radius 1 is 1.29 bits per heavy atom. The van der Waals surface area contributed by atoms with Crippen molar-refractivity contribution < 1.29 is 5.11 Å².